The number of esters is 3. The Morgan fingerprint density at radius 2 is 0.896 bits per heavy atom. The summed E-state index contributed by atoms with van der Waals surface area (Å²) in [4.78, 5) is 31.0. The van der Waals surface area contributed by atoms with E-state index in [2.05, 4.69) is 28.1 Å². The van der Waals surface area contributed by atoms with Crippen LogP contribution in [-0.2, 0) is 80.5 Å². The number of hydrogen-bond donors (Lipinski definition) is 0. The molecule has 0 heterocycles. The molecule has 48 heavy (non-hydrogen) atoms. The highest BCUT2D eigenvalue weighted by atomic mass is 32.2. The lowest BCUT2D eigenvalue weighted by Gasteiger charge is -2.04. The van der Waals surface area contributed by atoms with E-state index in [1.54, 1.807) is 6.92 Å². The SMILES string of the molecule is CC(=O)OCC(C)C.CCOC(=O)C(C)C.CCOCC(C)C.COC(=O)COC(C)C.O=S(=O)=O.O=S(=O)=O.O=S(=O)=O.O=S(=O)=O. The molecule has 0 saturated carbocycles. The molecule has 0 aromatic carbocycles. The molecule has 0 N–H and O–H groups in total. The summed E-state index contributed by atoms with van der Waals surface area (Å²) in [6, 6.07) is 0. The quantitative estimate of drug-likeness (QED) is 0.217. The van der Waals surface area contributed by atoms with Crippen molar-refractivity contribution in [1.29, 1.82) is 0 Å². The van der Waals surface area contributed by atoms with Gasteiger partial charge in [0.15, 0.2) is 0 Å². The lowest BCUT2D eigenvalue weighted by molar-refractivity contribution is -0.147. The second kappa shape index (κ2) is 50.7. The fourth-order valence-electron chi connectivity index (χ4n) is 1.24. The Labute approximate surface area is 288 Å². The molecule has 290 valence electrons. The Morgan fingerprint density at radius 3 is 1.02 bits per heavy atom. The van der Waals surface area contributed by atoms with Crippen LogP contribution >= 0.6 is 0 Å². The van der Waals surface area contributed by atoms with Gasteiger partial charge >= 0.3 is 60.3 Å². The van der Waals surface area contributed by atoms with Crippen LogP contribution in [0.1, 0.15) is 76.2 Å². The number of methoxy groups -OCH3 is 1. The Balaban J connectivity index is -0.0000000649. The third-order valence-electron chi connectivity index (χ3n) is 2.80. The van der Waals surface area contributed by atoms with Gasteiger partial charge < -0.3 is 23.7 Å². The first-order valence-corrected chi connectivity index (χ1v) is 17.3. The molecule has 0 spiro atoms. The van der Waals surface area contributed by atoms with Crippen molar-refractivity contribution in [3.05, 3.63) is 0 Å². The van der Waals surface area contributed by atoms with Crippen molar-refractivity contribution in [3.8, 4) is 0 Å². The highest BCUT2D eigenvalue weighted by Crippen LogP contribution is 1.94. The largest absolute Gasteiger partial charge is 0.467 e. The molecule has 0 aromatic rings. The van der Waals surface area contributed by atoms with Crippen LogP contribution in [0.3, 0.4) is 0 Å². The van der Waals surface area contributed by atoms with Gasteiger partial charge in [-0.1, -0.05) is 41.5 Å². The monoisotopic (exact) mass is 786 g/mol. The molecule has 0 aliphatic carbocycles. The zero-order valence-corrected chi connectivity index (χ0v) is 32.4. The van der Waals surface area contributed by atoms with E-state index in [9.17, 15) is 14.4 Å². The predicted molar refractivity (Wildman–Crippen MR) is 166 cm³/mol. The maximum Gasteiger partial charge on any atom is 0.425 e. The molecule has 0 radical (unpaired) electrons. The van der Waals surface area contributed by atoms with Crippen molar-refractivity contribution in [3.63, 3.8) is 0 Å². The maximum atomic E-state index is 10.5. The second-order valence-corrected chi connectivity index (χ2v) is 10.5. The van der Waals surface area contributed by atoms with Crippen LogP contribution in [0, 0.1) is 17.8 Å². The molecule has 24 heteroatoms. The zero-order valence-electron chi connectivity index (χ0n) is 29.1. The molecular weight excluding hydrogens is 737 g/mol. The molecule has 0 aliphatic heterocycles. The van der Waals surface area contributed by atoms with Gasteiger partial charge in [-0.25, -0.2) is 4.79 Å². The number of hydrogen-bond acceptors (Lipinski definition) is 20. The summed E-state index contributed by atoms with van der Waals surface area (Å²) in [6.45, 7) is 23.7. The highest BCUT2D eigenvalue weighted by Gasteiger charge is 2.05. The lowest BCUT2D eigenvalue weighted by atomic mass is 10.2. The molecule has 20 nitrogen and oxygen atoms in total. The van der Waals surface area contributed by atoms with Gasteiger partial charge in [-0.3, -0.25) is 9.59 Å². The summed E-state index contributed by atoms with van der Waals surface area (Å²) in [6.07, 6.45) is 0.0871. The Morgan fingerprint density at radius 1 is 0.562 bits per heavy atom. The van der Waals surface area contributed by atoms with Crippen LogP contribution in [0.15, 0.2) is 0 Å². The Bertz CT molecular complexity index is 1060. The van der Waals surface area contributed by atoms with Gasteiger partial charge in [0, 0.05) is 20.1 Å². The smallest absolute Gasteiger partial charge is 0.425 e. The van der Waals surface area contributed by atoms with E-state index >= 15 is 0 Å². The van der Waals surface area contributed by atoms with Crippen LogP contribution in [0.4, 0.5) is 0 Å². The summed E-state index contributed by atoms with van der Waals surface area (Å²) in [5, 5.41) is 0. The van der Waals surface area contributed by atoms with Gasteiger partial charge in [-0.2, -0.15) is 0 Å². The molecule has 0 rings (SSSR count). The van der Waals surface area contributed by atoms with Gasteiger partial charge in [0.25, 0.3) is 0 Å². The van der Waals surface area contributed by atoms with Crippen molar-refractivity contribution in [2.45, 2.75) is 82.3 Å². The first-order chi connectivity index (χ1) is 21.7. The Kier molecular flexibility index (Phi) is 67.0. The van der Waals surface area contributed by atoms with Gasteiger partial charge in [-0.05, 0) is 39.5 Å². The summed E-state index contributed by atoms with van der Waals surface area (Å²) in [7, 11) is -11.1. The van der Waals surface area contributed by atoms with E-state index in [1.807, 2.05) is 48.5 Å². The molecular formula is C24H50O20S4. The lowest BCUT2D eigenvalue weighted by Crippen LogP contribution is -2.14. The fourth-order valence-corrected chi connectivity index (χ4v) is 1.24. The van der Waals surface area contributed by atoms with Gasteiger partial charge in [0.2, 0.25) is 0 Å². The average Bonchev–Trinajstić information content (AvgIpc) is 2.89. The number of carbonyl (C=O) groups excluding carboxylic acids is 3. The first-order valence-electron chi connectivity index (χ1n) is 13.3. The fraction of sp³-hybridized carbons (Fsp3) is 0.875. The van der Waals surface area contributed by atoms with Crippen molar-refractivity contribution in [2.24, 2.45) is 17.8 Å². The molecule has 0 unspecified atom stereocenters. The minimum atomic E-state index is -3.11. The Hall–Kier alpha value is -3.19. The zero-order chi connectivity index (χ0) is 40.4. The number of ether oxygens (including phenoxy) is 5. The summed E-state index contributed by atoms with van der Waals surface area (Å²) in [5.41, 5.74) is 0. The van der Waals surface area contributed by atoms with E-state index < -0.39 is 42.4 Å². The van der Waals surface area contributed by atoms with Crippen molar-refractivity contribution < 1.29 is 88.6 Å². The normalized spacial score (nSPS) is 8.50. The summed E-state index contributed by atoms with van der Waals surface area (Å²) in [5.74, 6) is 0.490. The maximum absolute atomic E-state index is 10.5. The van der Waals surface area contributed by atoms with Crippen LogP contribution in [0.5, 0.6) is 0 Å². The molecule has 0 amide bonds. The third-order valence-corrected chi connectivity index (χ3v) is 2.80. The second-order valence-electron chi connectivity index (χ2n) is 8.91. The molecule has 0 aromatic heterocycles. The van der Waals surface area contributed by atoms with E-state index in [4.69, 9.17) is 60.0 Å². The van der Waals surface area contributed by atoms with E-state index in [0.29, 0.717) is 25.0 Å². The summed E-state index contributed by atoms with van der Waals surface area (Å²) >= 11 is 0. The van der Waals surface area contributed by atoms with Crippen LogP contribution < -0.4 is 0 Å². The van der Waals surface area contributed by atoms with E-state index in [1.165, 1.54) is 14.0 Å². The first kappa shape index (κ1) is 63.5. The van der Waals surface area contributed by atoms with Crippen molar-refractivity contribution in [2.75, 3.05) is 40.1 Å². The van der Waals surface area contributed by atoms with E-state index in [0.717, 1.165) is 13.2 Å². The van der Waals surface area contributed by atoms with Crippen LogP contribution in [0.25, 0.3) is 0 Å². The topological polar surface area (TPSA) is 302 Å². The van der Waals surface area contributed by atoms with E-state index in [-0.39, 0.29) is 36.5 Å². The number of carbonyl (C=O) groups is 3. The van der Waals surface area contributed by atoms with Crippen LogP contribution in [0.2, 0.25) is 0 Å². The minimum absolute atomic E-state index is 0.00921. The molecule has 0 atom stereocenters. The minimum Gasteiger partial charge on any atom is -0.467 e. The molecule has 0 saturated heterocycles. The highest BCUT2D eigenvalue weighted by molar-refractivity contribution is 7.59. The van der Waals surface area contributed by atoms with Crippen LogP contribution in [-0.4, -0.2) is 115 Å². The van der Waals surface area contributed by atoms with Crippen molar-refractivity contribution >= 4 is 60.3 Å². The molecule has 0 aliphatic rings. The van der Waals surface area contributed by atoms with Gasteiger partial charge in [0.1, 0.15) is 6.61 Å². The third kappa shape index (κ3) is 191. The molecule has 0 fully saturated rings. The summed E-state index contributed by atoms with van der Waals surface area (Å²) < 4.78 is 125. The van der Waals surface area contributed by atoms with Crippen molar-refractivity contribution in [1.82, 2.24) is 0 Å². The standard InChI is InChI=1S/C6H12O3.2C6H12O2.C6H14O.4O3S/c1-5(2)9-4-6(7)8-3;1-5(2)4-8-6(3)7;1-4-8-6(7)5(2)3;1-4-7-5-6(2)3;4*1-4(2)3/h5H,4H2,1-3H3;2*5H,4H2,1-3H3;6H,4-5H2,1-3H3;;;;. The predicted octanol–water partition coefficient (Wildman–Crippen LogP) is 0.658. The van der Waals surface area contributed by atoms with Gasteiger partial charge in [-0.15, -0.1) is 50.5 Å². The number of rotatable bonds is 10. The molecule has 0 bridgehead atoms. The average molecular weight is 787 g/mol. The van der Waals surface area contributed by atoms with Gasteiger partial charge in [0.05, 0.1) is 32.3 Å².